The van der Waals surface area contributed by atoms with Crippen LogP contribution in [0, 0.1) is 0 Å². The van der Waals surface area contributed by atoms with Gasteiger partial charge in [0.2, 0.25) is 5.89 Å². The Morgan fingerprint density at radius 1 is 1.39 bits per heavy atom. The molecule has 0 aliphatic heterocycles. The lowest BCUT2D eigenvalue weighted by atomic mass is 10.2. The molecule has 1 heterocycles. The van der Waals surface area contributed by atoms with Gasteiger partial charge in [-0.3, -0.25) is 0 Å². The third-order valence-corrected chi connectivity index (χ3v) is 2.08. The lowest BCUT2D eigenvalue weighted by Gasteiger charge is -2.04. The summed E-state index contributed by atoms with van der Waals surface area (Å²) in [7, 11) is 0. The average molecular weight is 249 g/mol. The van der Waals surface area contributed by atoms with Crippen LogP contribution in [-0.4, -0.2) is 16.3 Å². The number of alkyl carbamates (subject to hydrolysis) is 1. The maximum absolute atomic E-state index is 11.3. The maximum atomic E-state index is 11.3. The summed E-state index contributed by atoms with van der Waals surface area (Å²) >= 11 is 0. The Morgan fingerprint density at radius 2 is 2.17 bits per heavy atom. The van der Waals surface area contributed by atoms with E-state index in [2.05, 4.69) is 19.9 Å². The number of aromatic nitrogens is 2. The van der Waals surface area contributed by atoms with Crippen LogP contribution in [0.4, 0.5) is 4.79 Å². The molecule has 2 aromatic rings. The first-order chi connectivity index (χ1) is 8.74. The fourth-order valence-corrected chi connectivity index (χ4v) is 1.26. The minimum atomic E-state index is -0.663. The minimum Gasteiger partial charge on any atom is -0.445 e. The smallest absolute Gasteiger partial charge is 0.434 e. The van der Waals surface area contributed by atoms with Gasteiger partial charge in [0.25, 0.3) is 0 Å². The summed E-state index contributed by atoms with van der Waals surface area (Å²) in [5.41, 5.74) is 0.888. The molecule has 0 atom stereocenters. The van der Waals surface area contributed by atoms with Crippen molar-refractivity contribution in [1.29, 1.82) is 0 Å². The fourth-order valence-electron chi connectivity index (χ4n) is 1.26. The predicted octanol–water partition coefficient (Wildman–Crippen LogP) is 0.789. The molecule has 0 bridgehead atoms. The molecule has 7 heteroatoms. The Labute approximate surface area is 102 Å². The summed E-state index contributed by atoms with van der Waals surface area (Å²) in [4.78, 5) is 21.9. The van der Waals surface area contributed by atoms with Gasteiger partial charge in [0.05, 0.1) is 6.54 Å². The van der Waals surface area contributed by atoms with Crippen LogP contribution >= 0.6 is 0 Å². The van der Waals surface area contributed by atoms with Gasteiger partial charge in [0, 0.05) is 0 Å². The number of carbonyl (C=O) groups is 1. The van der Waals surface area contributed by atoms with Crippen LogP contribution in [0.1, 0.15) is 11.5 Å². The third kappa shape index (κ3) is 3.48. The number of rotatable bonds is 4. The molecule has 2 N–H and O–H groups in total. The third-order valence-electron chi connectivity index (χ3n) is 2.08. The van der Waals surface area contributed by atoms with Crippen LogP contribution in [0.2, 0.25) is 0 Å². The molecule has 1 aromatic carbocycles. The van der Waals surface area contributed by atoms with Gasteiger partial charge < -0.3 is 14.5 Å². The summed E-state index contributed by atoms with van der Waals surface area (Å²) in [5, 5.41) is 8.02. The summed E-state index contributed by atoms with van der Waals surface area (Å²) in [6.45, 7) is 0.170. The number of carbonyl (C=O) groups excluding carboxylic acids is 1. The largest absolute Gasteiger partial charge is 0.445 e. The molecule has 1 amide bonds. The molecule has 1 aromatic heterocycles. The molecule has 0 spiro atoms. The van der Waals surface area contributed by atoms with Crippen LogP contribution in [0.5, 0.6) is 0 Å². The van der Waals surface area contributed by atoms with Gasteiger partial charge in [0.15, 0.2) is 0 Å². The van der Waals surface area contributed by atoms with E-state index in [1.807, 2.05) is 30.3 Å². The summed E-state index contributed by atoms with van der Waals surface area (Å²) < 4.78 is 9.55. The first-order valence-electron chi connectivity index (χ1n) is 5.23. The lowest BCUT2D eigenvalue weighted by molar-refractivity contribution is 0.138. The average Bonchev–Trinajstić information content (AvgIpc) is 2.81. The zero-order valence-electron chi connectivity index (χ0n) is 9.38. The highest BCUT2D eigenvalue weighted by Crippen LogP contribution is 2.00. The molecule has 0 aliphatic rings. The maximum Gasteiger partial charge on any atom is 0.434 e. The number of ether oxygens (including phenoxy) is 1. The van der Waals surface area contributed by atoms with Crippen molar-refractivity contribution in [2.75, 3.05) is 0 Å². The second kappa shape index (κ2) is 5.67. The first-order valence-corrected chi connectivity index (χ1v) is 5.23. The van der Waals surface area contributed by atoms with Crippen molar-refractivity contribution in [2.24, 2.45) is 0 Å². The van der Waals surface area contributed by atoms with E-state index in [1.54, 1.807) is 0 Å². The highest BCUT2D eigenvalue weighted by molar-refractivity contribution is 5.66. The number of H-pyrrole nitrogens is 1. The highest BCUT2D eigenvalue weighted by Gasteiger charge is 2.05. The number of amides is 1. The number of benzene rings is 1. The molecule has 0 saturated heterocycles. The monoisotopic (exact) mass is 249 g/mol. The van der Waals surface area contributed by atoms with Gasteiger partial charge >= 0.3 is 11.8 Å². The Morgan fingerprint density at radius 3 is 2.83 bits per heavy atom. The van der Waals surface area contributed by atoms with E-state index in [1.165, 1.54) is 0 Å². The molecule has 18 heavy (non-hydrogen) atoms. The summed E-state index contributed by atoms with van der Waals surface area (Å²) in [5.74, 6) is -0.568. The predicted molar refractivity (Wildman–Crippen MR) is 60.6 cm³/mol. The number of nitrogens with one attached hydrogen (secondary N) is 2. The van der Waals surface area contributed by atoms with Crippen LogP contribution in [0.25, 0.3) is 0 Å². The van der Waals surface area contributed by atoms with Gasteiger partial charge in [-0.15, -0.1) is 5.10 Å². The van der Waals surface area contributed by atoms with Crippen molar-refractivity contribution >= 4 is 6.09 Å². The van der Waals surface area contributed by atoms with Crippen molar-refractivity contribution in [3.63, 3.8) is 0 Å². The van der Waals surface area contributed by atoms with Gasteiger partial charge in [-0.05, 0) is 5.56 Å². The van der Waals surface area contributed by atoms with E-state index in [4.69, 9.17) is 4.74 Å². The summed E-state index contributed by atoms with van der Waals surface area (Å²) in [6.07, 6.45) is -0.607. The molecule has 0 unspecified atom stereocenters. The van der Waals surface area contributed by atoms with E-state index < -0.39 is 11.8 Å². The molecular weight excluding hydrogens is 238 g/mol. The zero-order chi connectivity index (χ0) is 12.8. The fraction of sp³-hybridized carbons (Fsp3) is 0.182. The molecule has 94 valence electrons. The van der Waals surface area contributed by atoms with Gasteiger partial charge in [-0.25, -0.2) is 14.7 Å². The topological polar surface area (TPSA) is 97.2 Å². The molecule has 0 saturated carbocycles. The number of nitrogens with zero attached hydrogens (tertiary/aromatic N) is 1. The van der Waals surface area contributed by atoms with Crippen molar-refractivity contribution < 1.29 is 13.9 Å². The van der Waals surface area contributed by atoms with Crippen LogP contribution in [0.3, 0.4) is 0 Å². The standard InChI is InChI=1S/C11H11N3O4/c15-10(12-6-9-13-14-11(16)18-9)17-7-8-4-2-1-3-5-8/h1-5H,6-7H2,(H,12,15)(H,14,16). The van der Waals surface area contributed by atoms with Crippen molar-refractivity contribution in [3.8, 4) is 0 Å². The quantitative estimate of drug-likeness (QED) is 0.834. The minimum absolute atomic E-state index is 0.00758. The highest BCUT2D eigenvalue weighted by atomic mass is 16.5. The Hall–Kier alpha value is -2.57. The van der Waals surface area contributed by atoms with Gasteiger partial charge in [-0.1, -0.05) is 30.3 Å². The Bertz CT molecular complexity index is 561. The number of hydrogen-bond acceptors (Lipinski definition) is 5. The van der Waals surface area contributed by atoms with Crippen LogP contribution in [-0.2, 0) is 17.9 Å². The van der Waals surface area contributed by atoms with E-state index in [-0.39, 0.29) is 19.0 Å². The van der Waals surface area contributed by atoms with E-state index >= 15 is 0 Å². The second-order valence-corrected chi connectivity index (χ2v) is 3.42. The second-order valence-electron chi connectivity index (χ2n) is 3.42. The normalized spacial score (nSPS) is 10.0. The van der Waals surface area contributed by atoms with E-state index in [0.717, 1.165) is 5.56 Å². The molecule has 7 nitrogen and oxygen atoms in total. The van der Waals surface area contributed by atoms with Crippen molar-refractivity contribution in [2.45, 2.75) is 13.2 Å². The van der Waals surface area contributed by atoms with Crippen LogP contribution in [0.15, 0.2) is 39.5 Å². The molecule has 0 aliphatic carbocycles. The zero-order valence-corrected chi connectivity index (χ0v) is 9.38. The lowest BCUT2D eigenvalue weighted by Crippen LogP contribution is -2.23. The van der Waals surface area contributed by atoms with Gasteiger partial charge in [0.1, 0.15) is 6.61 Å². The first kappa shape index (κ1) is 11.9. The Balaban J connectivity index is 1.74. The number of hydrogen-bond donors (Lipinski definition) is 2. The van der Waals surface area contributed by atoms with Crippen LogP contribution < -0.4 is 11.1 Å². The number of aromatic amines is 1. The van der Waals surface area contributed by atoms with Gasteiger partial charge in [-0.2, -0.15) is 0 Å². The van der Waals surface area contributed by atoms with Crippen molar-refractivity contribution in [1.82, 2.24) is 15.5 Å². The molecule has 0 fully saturated rings. The molecular formula is C11H11N3O4. The van der Waals surface area contributed by atoms with E-state index in [9.17, 15) is 9.59 Å². The van der Waals surface area contributed by atoms with Crippen molar-refractivity contribution in [3.05, 3.63) is 52.3 Å². The SMILES string of the molecule is O=C(NCc1n[nH]c(=O)o1)OCc1ccccc1. The Kier molecular flexibility index (Phi) is 3.75. The molecule has 2 rings (SSSR count). The van der Waals surface area contributed by atoms with E-state index in [0.29, 0.717) is 0 Å². The summed E-state index contributed by atoms with van der Waals surface area (Å²) in [6, 6.07) is 9.28. The molecule has 0 radical (unpaired) electrons.